The Kier molecular flexibility index (Phi) is 4.39. The molecule has 4 unspecified atom stereocenters. The summed E-state index contributed by atoms with van der Waals surface area (Å²) in [5.74, 6) is -3.33. The second kappa shape index (κ2) is 5.85. The molecule has 2 aliphatic carbocycles. The van der Waals surface area contributed by atoms with Gasteiger partial charge in [-0.25, -0.2) is 4.90 Å². The average Bonchev–Trinajstić information content (AvgIpc) is 2.99. The third-order valence-corrected chi connectivity index (χ3v) is 10.2. The van der Waals surface area contributed by atoms with E-state index in [0.717, 1.165) is 9.80 Å². The average molecular weight is 492 g/mol. The minimum absolute atomic E-state index is 0.0945. The van der Waals surface area contributed by atoms with Crippen molar-refractivity contribution in [3.63, 3.8) is 0 Å². The van der Waals surface area contributed by atoms with Crippen molar-refractivity contribution in [1.82, 2.24) is 0 Å². The first-order valence-corrected chi connectivity index (χ1v) is 10.9. The molecule has 0 spiro atoms. The van der Waals surface area contributed by atoms with Gasteiger partial charge in [0.2, 0.25) is 11.8 Å². The third kappa shape index (κ3) is 1.93. The van der Waals surface area contributed by atoms with Gasteiger partial charge in [-0.15, -0.1) is 35.0 Å². The summed E-state index contributed by atoms with van der Waals surface area (Å²) in [6.45, 7) is 0. The number of alkyl halides is 4. The van der Waals surface area contributed by atoms with E-state index < -0.39 is 37.7 Å². The van der Waals surface area contributed by atoms with Gasteiger partial charge in [-0.3, -0.25) is 9.59 Å². The van der Waals surface area contributed by atoms with E-state index in [4.69, 9.17) is 69.6 Å². The minimum Gasteiger partial charge on any atom is -0.274 e. The fourth-order valence-electron chi connectivity index (χ4n) is 4.00. The van der Waals surface area contributed by atoms with Gasteiger partial charge in [0.05, 0.1) is 27.6 Å². The molecule has 138 valence electrons. The summed E-state index contributed by atoms with van der Waals surface area (Å²) >= 11 is 40.3. The van der Waals surface area contributed by atoms with E-state index in [1.807, 2.05) is 12.3 Å². The fraction of sp³-hybridized carbons (Fsp3) is 0.375. The molecule has 4 atom stereocenters. The van der Waals surface area contributed by atoms with Crippen LogP contribution in [0.4, 0.5) is 5.69 Å². The maximum absolute atomic E-state index is 13.2. The number of rotatable bonds is 2. The maximum atomic E-state index is 13.2. The lowest BCUT2D eigenvalue weighted by molar-refractivity contribution is -0.123. The Balaban J connectivity index is 1.89. The number of carbonyl (C=O) groups is 2. The second-order valence-corrected chi connectivity index (χ2v) is 10.4. The first-order chi connectivity index (χ1) is 12.0. The number of halogens is 6. The lowest BCUT2D eigenvalue weighted by Gasteiger charge is -2.34. The first kappa shape index (κ1) is 19.5. The molecular weight excluding hydrogens is 483 g/mol. The van der Waals surface area contributed by atoms with Crippen LogP contribution in [0.3, 0.4) is 0 Å². The standard InChI is InChI=1S/C16H9Cl6NO2S/c1-26-7-4-2-3-6(5-7)23-12(24)8-9(13(23)25)15(20)11(18)10(17)14(8,19)16(15,21)22/h2-5,8-9H,1H3. The highest BCUT2D eigenvalue weighted by molar-refractivity contribution is 7.98. The van der Waals surface area contributed by atoms with Gasteiger partial charge in [0.1, 0.15) is 9.75 Å². The predicted octanol–water partition coefficient (Wildman–Crippen LogP) is 5.36. The Morgan fingerprint density at radius 3 is 1.92 bits per heavy atom. The van der Waals surface area contributed by atoms with Gasteiger partial charge in [-0.05, 0) is 24.5 Å². The van der Waals surface area contributed by atoms with Gasteiger partial charge in [0.25, 0.3) is 0 Å². The molecule has 3 nitrogen and oxygen atoms in total. The summed E-state index contributed by atoms with van der Waals surface area (Å²) in [5, 5.41) is -0.189. The van der Waals surface area contributed by atoms with E-state index in [0.29, 0.717) is 5.69 Å². The molecule has 1 aromatic carbocycles. The van der Waals surface area contributed by atoms with Crippen LogP contribution in [0.25, 0.3) is 0 Å². The number of imide groups is 1. The number of anilines is 1. The number of nitrogens with zero attached hydrogens (tertiary/aromatic N) is 1. The fourth-order valence-corrected chi connectivity index (χ4v) is 7.38. The number of hydrogen-bond acceptors (Lipinski definition) is 3. The van der Waals surface area contributed by atoms with Gasteiger partial charge in [0, 0.05) is 4.90 Å². The van der Waals surface area contributed by atoms with Gasteiger partial charge < -0.3 is 0 Å². The van der Waals surface area contributed by atoms with Gasteiger partial charge >= 0.3 is 0 Å². The minimum atomic E-state index is -1.91. The molecule has 1 aromatic rings. The molecule has 26 heavy (non-hydrogen) atoms. The third-order valence-electron chi connectivity index (χ3n) is 5.22. The first-order valence-electron chi connectivity index (χ1n) is 7.38. The van der Waals surface area contributed by atoms with Crippen LogP contribution in [0.1, 0.15) is 0 Å². The number of carbonyl (C=O) groups excluding carboxylic acids is 2. The maximum Gasteiger partial charge on any atom is 0.240 e. The highest BCUT2D eigenvalue weighted by atomic mass is 35.5. The van der Waals surface area contributed by atoms with Crippen molar-refractivity contribution in [3.8, 4) is 0 Å². The van der Waals surface area contributed by atoms with E-state index in [-0.39, 0.29) is 10.1 Å². The summed E-state index contributed by atoms with van der Waals surface area (Å²) in [6.07, 6.45) is 1.89. The van der Waals surface area contributed by atoms with Gasteiger partial charge in [-0.2, -0.15) is 0 Å². The van der Waals surface area contributed by atoms with Crippen LogP contribution in [0, 0.1) is 11.8 Å². The molecule has 0 N–H and O–H groups in total. The van der Waals surface area contributed by atoms with Crippen molar-refractivity contribution in [1.29, 1.82) is 0 Å². The summed E-state index contributed by atoms with van der Waals surface area (Å²) in [6, 6.07) is 7.01. The molecule has 2 fully saturated rings. The Labute approximate surface area is 183 Å². The molecule has 1 saturated carbocycles. The Morgan fingerprint density at radius 1 is 0.962 bits per heavy atom. The van der Waals surface area contributed by atoms with Gasteiger partial charge in [-0.1, -0.05) is 52.5 Å². The van der Waals surface area contributed by atoms with Crippen molar-refractivity contribution in [2.45, 2.75) is 19.0 Å². The predicted molar refractivity (Wildman–Crippen MR) is 108 cm³/mol. The molecule has 2 bridgehead atoms. The molecule has 1 heterocycles. The number of allylic oxidation sites excluding steroid dienone is 2. The topological polar surface area (TPSA) is 37.4 Å². The van der Waals surface area contributed by atoms with Gasteiger partial charge in [0.15, 0.2) is 4.33 Å². The molecule has 4 rings (SSSR count). The van der Waals surface area contributed by atoms with Crippen LogP contribution in [0.5, 0.6) is 0 Å². The zero-order chi connectivity index (χ0) is 19.2. The zero-order valence-electron chi connectivity index (χ0n) is 12.9. The van der Waals surface area contributed by atoms with Crippen LogP contribution in [-0.2, 0) is 9.59 Å². The molecule has 0 radical (unpaired) electrons. The van der Waals surface area contributed by atoms with E-state index in [9.17, 15) is 9.59 Å². The summed E-state index contributed by atoms with van der Waals surface area (Å²) < 4.78 is -1.91. The molecule has 1 saturated heterocycles. The summed E-state index contributed by atoms with van der Waals surface area (Å²) in [5.41, 5.74) is 0.420. The van der Waals surface area contributed by atoms with Crippen LogP contribution >= 0.6 is 81.4 Å². The largest absolute Gasteiger partial charge is 0.274 e. The number of fused-ring (bicyclic) bond motifs is 5. The molecule has 1 aliphatic heterocycles. The van der Waals surface area contributed by atoms with E-state index in [2.05, 4.69) is 0 Å². The Hall–Kier alpha value is 0.190. The number of thioether (sulfide) groups is 1. The highest BCUT2D eigenvalue weighted by Gasteiger charge is 2.87. The van der Waals surface area contributed by atoms with Crippen molar-refractivity contribution in [2.75, 3.05) is 11.2 Å². The summed E-state index contributed by atoms with van der Waals surface area (Å²) in [7, 11) is 0. The smallest absolute Gasteiger partial charge is 0.240 e. The molecule has 3 aliphatic rings. The second-order valence-electron chi connectivity index (χ2n) is 6.29. The Morgan fingerprint density at radius 2 is 1.46 bits per heavy atom. The van der Waals surface area contributed by atoms with Crippen LogP contribution in [0.2, 0.25) is 0 Å². The van der Waals surface area contributed by atoms with E-state index in [1.165, 1.54) is 11.8 Å². The lowest BCUT2D eigenvalue weighted by atomic mass is 9.84. The number of benzene rings is 1. The monoisotopic (exact) mass is 489 g/mol. The quantitative estimate of drug-likeness (QED) is 0.317. The number of amides is 2. The number of hydrogen-bond donors (Lipinski definition) is 0. The zero-order valence-corrected chi connectivity index (χ0v) is 18.3. The van der Waals surface area contributed by atoms with Crippen molar-refractivity contribution in [3.05, 3.63) is 34.3 Å². The molecule has 0 aromatic heterocycles. The van der Waals surface area contributed by atoms with Crippen molar-refractivity contribution < 1.29 is 9.59 Å². The van der Waals surface area contributed by atoms with Crippen LogP contribution in [0.15, 0.2) is 39.2 Å². The van der Waals surface area contributed by atoms with E-state index >= 15 is 0 Å². The summed E-state index contributed by atoms with van der Waals surface area (Å²) in [4.78, 5) is 24.8. The van der Waals surface area contributed by atoms with Crippen molar-refractivity contribution in [2.24, 2.45) is 11.8 Å². The highest BCUT2D eigenvalue weighted by Crippen LogP contribution is 2.77. The SMILES string of the molecule is CSc1cccc(N2C(=O)C3C(C2=O)C2(Cl)C(Cl)=C(Cl)C3(Cl)C2(Cl)Cl)c1. The normalized spacial score (nSPS) is 37.7. The Bertz CT molecular complexity index is 858. The lowest BCUT2D eigenvalue weighted by Crippen LogP contribution is -2.50. The van der Waals surface area contributed by atoms with Crippen LogP contribution in [-0.4, -0.2) is 32.2 Å². The van der Waals surface area contributed by atoms with E-state index in [1.54, 1.807) is 18.2 Å². The molecule has 10 heteroatoms. The van der Waals surface area contributed by atoms with Crippen LogP contribution < -0.4 is 4.90 Å². The molecule has 2 amide bonds. The van der Waals surface area contributed by atoms with Crippen molar-refractivity contribution >= 4 is 98.9 Å². The molecular formula is C16H9Cl6NO2S.